The van der Waals surface area contributed by atoms with Gasteiger partial charge in [0.1, 0.15) is 0 Å². The summed E-state index contributed by atoms with van der Waals surface area (Å²) in [5, 5.41) is 5.90. The van der Waals surface area contributed by atoms with E-state index in [2.05, 4.69) is 37.5 Å². The Labute approximate surface area is 104 Å². The fraction of sp³-hybridized carbons (Fsp3) is 0.714. The maximum absolute atomic E-state index is 3.60. The molecule has 0 aliphatic heterocycles. The number of rotatable bonds is 8. The molecule has 0 spiro atoms. The van der Waals surface area contributed by atoms with E-state index in [-0.39, 0.29) is 0 Å². The first-order valence-electron chi connectivity index (χ1n) is 6.56. The van der Waals surface area contributed by atoms with Crippen molar-refractivity contribution in [1.82, 2.24) is 5.32 Å². The molecule has 1 unspecified atom stereocenters. The number of aryl methyl sites for hydroxylation is 1. The summed E-state index contributed by atoms with van der Waals surface area (Å²) in [6.07, 6.45) is 6.71. The predicted molar refractivity (Wildman–Crippen MR) is 74.2 cm³/mol. The fourth-order valence-electron chi connectivity index (χ4n) is 2.05. The van der Waals surface area contributed by atoms with Crippen molar-refractivity contribution in [3.8, 4) is 0 Å². The van der Waals surface area contributed by atoms with Crippen LogP contribution >= 0.6 is 11.3 Å². The van der Waals surface area contributed by atoms with Crippen LogP contribution in [-0.4, -0.2) is 6.54 Å². The first-order chi connectivity index (χ1) is 7.77. The van der Waals surface area contributed by atoms with Crippen LogP contribution in [0.2, 0.25) is 0 Å². The van der Waals surface area contributed by atoms with E-state index in [4.69, 9.17) is 0 Å². The van der Waals surface area contributed by atoms with E-state index in [1.807, 2.05) is 11.3 Å². The lowest BCUT2D eigenvalue weighted by Crippen LogP contribution is -2.20. The second-order valence-corrected chi connectivity index (χ2v) is 5.57. The van der Waals surface area contributed by atoms with Gasteiger partial charge < -0.3 is 5.32 Å². The molecule has 0 fully saturated rings. The van der Waals surface area contributed by atoms with Gasteiger partial charge in [0.15, 0.2) is 0 Å². The predicted octanol–water partition coefficient (Wildman–Crippen LogP) is 4.68. The minimum Gasteiger partial charge on any atom is -0.310 e. The van der Waals surface area contributed by atoms with Crippen LogP contribution in [0.3, 0.4) is 0 Å². The Hall–Kier alpha value is -0.340. The molecule has 1 rings (SSSR count). The van der Waals surface area contributed by atoms with Gasteiger partial charge in [0, 0.05) is 10.9 Å². The average molecular weight is 239 g/mol. The molecule has 1 aromatic heterocycles. The van der Waals surface area contributed by atoms with Crippen LogP contribution in [0.1, 0.15) is 62.4 Å². The summed E-state index contributed by atoms with van der Waals surface area (Å²) in [7, 11) is 0. The lowest BCUT2D eigenvalue weighted by molar-refractivity contribution is 0.482. The SMILES string of the molecule is CCCCCCC(NCC)c1csc(C)c1. The van der Waals surface area contributed by atoms with Crippen molar-refractivity contribution >= 4 is 11.3 Å². The molecule has 0 saturated heterocycles. The smallest absolute Gasteiger partial charge is 0.0328 e. The highest BCUT2D eigenvalue weighted by Gasteiger charge is 2.10. The first kappa shape index (κ1) is 13.7. The highest BCUT2D eigenvalue weighted by Crippen LogP contribution is 2.24. The van der Waals surface area contributed by atoms with Crippen molar-refractivity contribution in [1.29, 1.82) is 0 Å². The Balaban J connectivity index is 2.41. The quantitative estimate of drug-likeness (QED) is 0.650. The monoisotopic (exact) mass is 239 g/mol. The molecule has 1 nitrogen and oxygen atoms in total. The van der Waals surface area contributed by atoms with Crippen molar-refractivity contribution in [3.63, 3.8) is 0 Å². The Morgan fingerprint density at radius 2 is 2.06 bits per heavy atom. The molecular formula is C14H25NS. The summed E-state index contributed by atoms with van der Waals surface area (Å²) in [5.74, 6) is 0. The van der Waals surface area contributed by atoms with E-state index in [0.717, 1.165) is 6.54 Å². The van der Waals surface area contributed by atoms with Crippen molar-refractivity contribution < 1.29 is 0 Å². The molecule has 0 aliphatic carbocycles. The molecule has 1 N–H and O–H groups in total. The summed E-state index contributed by atoms with van der Waals surface area (Å²) in [6.45, 7) is 7.71. The van der Waals surface area contributed by atoms with Gasteiger partial charge >= 0.3 is 0 Å². The normalized spacial score (nSPS) is 12.9. The molecule has 1 heterocycles. The van der Waals surface area contributed by atoms with Crippen LogP contribution in [-0.2, 0) is 0 Å². The topological polar surface area (TPSA) is 12.0 Å². The van der Waals surface area contributed by atoms with Crippen LogP contribution in [0.15, 0.2) is 11.4 Å². The van der Waals surface area contributed by atoms with Gasteiger partial charge in [-0.05, 0) is 36.9 Å². The van der Waals surface area contributed by atoms with E-state index in [1.54, 1.807) is 0 Å². The Kier molecular flexibility index (Phi) is 6.74. The molecule has 0 amide bonds. The molecular weight excluding hydrogens is 214 g/mol. The molecule has 0 aromatic carbocycles. The van der Waals surface area contributed by atoms with Gasteiger partial charge in [0.05, 0.1) is 0 Å². The lowest BCUT2D eigenvalue weighted by Gasteiger charge is -2.16. The molecule has 92 valence electrons. The van der Waals surface area contributed by atoms with E-state index in [0.29, 0.717) is 6.04 Å². The lowest BCUT2D eigenvalue weighted by atomic mass is 10.0. The molecule has 0 aliphatic rings. The fourth-order valence-corrected chi connectivity index (χ4v) is 2.81. The van der Waals surface area contributed by atoms with Crippen molar-refractivity contribution in [2.75, 3.05) is 6.54 Å². The maximum Gasteiger partial charge on any atom is 0.0328 e. The zero-order valence-corrected chi connectivity index (χ0v) is 11.7. The van der Waals surface area contributed by atoms with Crippen molar-refractivity contribution in [3.05, 3.63) is 21.9 Å². The average Bonchev–Trinajstić information content (AvgIpc) is 2.69. The van der Waals surface area contributed by atoms with Gasteiger partial charge in [-0.2, -0.15) is 0 Å². The zero-order chi connectivity index (χ0) is 11.8. The van der Waals surface area contributed by atoms with E-state index < -0.39 is 0 Å². The Morgan fingerprint density at radius 3 is 2.62 bits per heavy atom. The standard InChI is InChI=1S/C14H25NS/c1-4-6-7-8-9-14(15-5-2)13-10-12(3)16-11-13/h10-11,14-15H,4-9H2,1-3H3. The summed E-state index contributed by atoms with van der Waals surface area (Å²) in [6, 6.07) is 2.91. The van der Waals surface area contributed by atoms with E-state index in [9.17, 15) is 0 Å². The molecule has 2 heteroatoms. The zero-order valence-electron chi connectivity index (χ0n) is 10.9. The number of hydrogen-bond donors (Lipinski definition) is 1. The molecule has 1 atom stereocenters. The van der Waals surface area contributed by atoms with Crippen LogP contribution in [0, 0.1) is 6.92 Å². The minimum atomic E-state index is 0.576. The van der Waals surface area contributed by atoms with Gasteiger partial charge in [0.25, 0.3) is 0 Å². The van der Waals surface area contributed by atoms with Crippen LogP contribution < -0.4 is 5.32 Å². The summed E-state index contributed by atoms with van der Waals surface area (Å²) in [5.41, 5.74) is 1.49. The van der Waals surface area contributed by atoms with Gasteiger partial charge in [-0.1, -0.05) is 39.5 Å². The van der Waals surface area contributed by atoms with Crippen LogP contribution in [0.4, 0.5) is 0 Å². The third kappa shape index (κ3) is 4.67. The molecule has 16 heavy (non-hydrogen) atoms. The largest absolute Gasteiger partial charge is 0.310 e. The first-order valence-corrected chi connectivity index (χ1v) is 7.44. The van der Waals surface area contributed by atoms with Crippen molar-refractivity contribution in [2.45, 2.75) is 58.9 Å². The Bertz CT molecular complexity index is 280. The number of hydrogen-bond acceptors (Lipinski definition) is 2. The minimum absolute atomic E-state index is 0.576. The van der Waals surface area contributed by atoms with E-state index >= 15 is 0 Å². The second kappa shape index (κ2) is 7.86. The maximum atomic E-state index is 3.60. The second-order valence-electron chi connectivity index (χ2n) is 4.45. The summed E-state index contributed by atoms with van der Waals surface area (Å²) in [4.78, 5) is 1.42. The molecule has 0 bridgehead atoms. The molecule has 0 radical (unpaired) electrons. The van der Waals surface area contributed by atoms with Gasteiger partial charge in [-0.25, -0.2) is 0 Å². The van der Waals surface area contributed by atoms with Gasteiger partial charge in [-0.15, -0.1) is 11.3 Å². The molecule has 1 aromatic rings. The van der Waals surface area contributed by atoms with Crippen LogP contribution in [0.25, 0.3) is 0 Å². The van der Waals surface area contributed by atoms with Gasteiger partial charge in [-0.3, -0.25) is 0 Å². The van der Waals surface area contributed by atoms with E-state index in [1.165, 1.54) is 42.5 Å². The third-order valence-electron chi connectivity index (χ3n) is 2.95. The summed E-state index contributed by atoms with van der Waals surface area (Å²) < 4.78 is 0. The highest BCUT2D eigenvalue weighted by atomic mass is 32.1. The summed E-state index contributed by atoms with van der Waals surface area (Å²) >= 11 is 1.86. The van der Waals surface area contributed by atoms with Crippen molar-refractivity contribution in [2.24, 2.45) is 0 Å². The number of thiophene rings is 1. The highest BCUT2D eigenvalue weighted by molar-refractivity contribution is 7.10. The molecule has 0 saturated carbocycles. The number of unbranched alkanes of at least 4 members (excludes halogenated alkanes) is 3. The Morgan fingerprint density at radius 1 is 1.25 bits per heavy atom. The van der Waals surface area contributed by atoms with Crippen LogP contribution in [0.5, 0.6) is 0 Å². The number of nitrogens with one attached hydrogen (secondary N) is 1. The van der Waals surface area contributed by atoms with Gasteiger partial charge in [0.2, 0.25) is 0 Å². The third-order valence-corrected chi connectivity index (χ3v) is 3.83.